The van der Waals surface area contributed by atoms with Gasteiger partial charge in [0.25, 0.3) is 0 Å². The maximum Gasteiger partial charge on any atom is 0.103 e. The van der Waals surface area contributed by atoms with Gasteiger partial charge in [0.05, 0.1) is 17.3 Å². The second-order valence-corrected chi connectivity index (χ2v) is 6.72. The third kappa shape index (κ3) is 3.26. The van der Waals surface area contributed by atoms with Crippen molar-refractivity contribution in [1.29, 1.82) is 5.26 Å². The number of fused-ring (bicyclic) bond motifs is 1. The Hall–Kier alpha value is -3.64. The highest BCUT2D eigenvalue weighted by Gasteiger charge is 2.14. The van der Waals surface area contributed by atoms with Crippen LogP contribution in [0, 0.1) is 18.3 Å². The lowest BCUT2D eigenvalue weighted by atomic mass is 9.97. The molecule has 1 aliphatic rings. The van der Waals surface area contributed by atoms with Crippen LogP contribution in [0.25, 0.3) is 22.2 Å². The summed E-state index contributed by atoms with van der Waals surface area (Å²) in [6.07, 6.45) is 16.0. The second-order valence-electron chi connectivity index (χ2n) is 6.72. The standard InChI is InChI=1S/C24H19N3/c1-17-5-3-4-6-20(12-9-17)23-13-21(19-10-7-18(2)8-11-19)16-27-24(23)22(14-25)15-26-27/h3-13,15-16H,1-2H3/b4-3?,5-3+,6-4+,12-9?,17-5?,17-9-,20-6?,20-12+. The van der Waals surface area contributed by atoms with E-state index in [9.17, 15) is 5.26 Å². The van der Waals surface area contributed by atoms with Gasteiger partial charge in [0.15, 0.2) is 0 Å². The van der Waals surface area contributed by atoms with Crippen molar-refractivity contribution in [2.75, 3.05) is 0 Å². The SMILES string of the molecule is CC1=C/C=C(c2cc(-c3ccc(C)cc3)cn3ncc(C#N)c23)\C=C\C=C\1. The molecule has 2 heterocycles. The number of hydrogen-bond donors (Lipinski definition) is 0. The Morgan fingerprint density at radius 3 is 2.52 bits per heavy atom. The van der Waals surface area contributed by atoms with Crippen LogP contribution in [0.5, 0.6) is 0 Å². The second kappa shape index (κ2) is 6.93. The van der Waals surface area contributed by atoms with E-state index in [1.54, 1.807) is 6.20 Å². The van der Waals surface area contributed by atoms with Crippen LogP contribution < -0.4 is 0 Å². The van der Waals surface area contributed by atoms with E-state index in [1.165, 1.54) is 11.1 Å². The van der Waals surface area contributed by atoms with E-state index in [0.717, 1.165) is 27.8 Å². The van der Waals surface area contributed by atoms with Gasteiger partial charge >= 0.3 is 0 Å². The van der Waals surface area contributed by atoms with Gasteiger partial charge in [-0.1, -0.05) is 71.9 Å². The largest absolute Gasteiger partial charge is 0.238 e. The van der Waals surface area contributed by atoms with E-state index >= 15 is 0 Å². The van der Waals surface area contributed by atoms with Gasteiger partial charge in [-0.3, -0.25) is 0 Å². The summed E-state index contributed by atoms with van der Waals surface area (Å²) in [4.78, 5) is 0. The van der Waals surface area contributed by atoms with E-state index in [1.807, 2.05) is 22.9 Å². The smallest absolute Gasteiger partial charge is 0.103 e. The molecule has 3 aromatic rings. The quantitative estimate of drug-likeness (QED) is 0.601. The highest BCUT2D eigenvalue weighted by molar-refractivity contribution is 5.89. The molecule has 0 spiro atoms. The Morgan fingerprint density at radius 1 is 0.963 bits per heavy atom. The summed E-state index contributed by atoms with van der Waals surface area (Å²) >= 11 is 0. The van der Waals surface area contributed by atoms with Crippen molar-refractivity contribution in [3.8, 4) is 17.2 Å². The van der Waals surface area contributed by atoms with Gasteiger partial charge in [-0.25, -0.2) is 4.52 Å². The number of nitriles is 1. The molecule has 1 aliphatic carbocycles. The number of aromatic nitrogens is 2. The highest BCUT2D eigenvalue weighted by atomic mass is 15.2. The van der Waals surface area contributed by atoms with Crippen molar-refractivity contribution >= 4 is 11.1 Å². The molecule has 2 aromatic heterocycles. The van der Waals surface area contributed by atoms with Gasteiger partial charge in [0, 0.05) is 17.3 Å². The van der Waals surface area contributed by atoms with Crippen LogP contribution in [0.1, 0.15) is 23.6 Å². The predicted molar refractivity (Wildman–Crippen MR) is 110 cm³/mol. The molecule has 0 radical (unpaired) electrons. The minimum Gasteiger partial charge on any atom is -0.238 e. The molecule has 0 amide bonds. The average molecular weight is 349 g/mol. The summed E-state index contributed by atoms with van der Waals surface area (Å²) in [5.41, 5.74) is 8.05. The molecule has 0 saturated heterocycles. The Kier molecular flexibility index (Phi) is 4.32. The highest BCUT2D eigenvalue weighted by Crippen LogP contribution is 2.30. The van der Waals surface area contributed by atoms with Crippen LogP contribution in [0.2, 0.25) is 0 Å². The molecular formula is C24H19N3. The minimum absolute atomic E-state index is 0.577. The number of pyridine rings is 1. The molecule has 0 bridgehead atoms. The topological polar surface area (TPSA) is 41.1 Å². The van der Waals surface area contributed by atoms with Gasteiger partial charge in [-0.15, -0.1) is 0 Å². The normalized spacial score (nSPS) is 19.9. The first-order chi connectivity index (χ1) is 13.2. The first-order valence-electron chi connectivity index (χ1n) is 8.88. The van der Waals surface area contributed by atoms with Gasteiger partial charge in [-0.05, 0) is 31.1 Å². The fourth-order valence-corrected chi connectivity index (χ4v) is 3.21. The number of allylic oxidation sites excluding steroid dienone is 8. The van der Waals surface area contributed by atoms with E-state index < -0.39 is 0 Å². The predicted octanol–water partition coefficient (Wildman–Crippen LogP) is 5.64. The lowest BCUT2D eigenvalue weighted by molar-refractivity contribution is 0.961. The summed E-state index contributed by atoms with van der Waals surface area (Å²) < 4.78 is 1.81. The van der Waals surface area contributed by atoms with E-state index in [-0.39, 0.29) is 0 Å². The van der Waals surface area contributed by atoms with Crippen molar-refractivity contribution in [3.05, 3.63) is 101 Å². The van der Waals surface area contributed by atoms with Gasteiger partial charge in [-0.2, -0.15) is 10.4 Å². The van der Waals surface area contributed by atoms with Crippen LogP contribution in [-0.4, -0.2) is 9.61 Å². The zero-order chi connectivity index (χ0) is 18.8. The third-order valence-corrected chi connectivity index (χ3v) is 4.70. The van der Waals surface area contributed by atoms with Crippen LogP contribution >= 0.6 is 0 Å². The molecule has 3 heteroatoms. The van der Waals surface area contributed by atoms with Crippen molar-refractivity contribution in [2.24, 2.45) is 0 Å². The van der Waals surface area contributed by atoms with Crippen LogP contribution in [0.3, 0.4) is 0 Å². The molecule has 3 nitrogen and oxygen atoms in total. The molecule has 0 fully saturated rings. The maximum absolute atomic E-state index is 9.54. The molecule has 1 aromatic carbocycles. The van der Waals surface area contributed by atoms with Crippen molar-refractivity contribution < 1.29 is 0 Å². The zero-order valence-corrected chi connectivity index (χ0v) is 15.3. The Bertz CT molecular complexity index is 1180. The Labute approximate surface area is 158 Å². The lowest BCUT2D eigenvalue weighted by Crippen LogP contribution is -1.96. The van der Waals surface area contributed by atoms with Gasteiger partial charge < -0.3 is 0 Å². The number of rotatable bonds is 2. The summed E-state index contributed by atoms with van der Waals surface area (Å²) in [5.74, 6) is 0. The van der Waals surface area contributed by atoms with Crippen molar-refractivity contribution in [1.82, 2.24) is 9.61 Å². The number of nitrogens with zero attached hydrogens (tertiary/aromatic N) is 3. The van der Waals surface area contributed by atoms with E-state index in [4.69, 9.17) is 0 Å². The first kappa shape index (κ1) is 16.8. The molecule has 27 heavy (non-hydrogen) atoms. The summed E-state index contributed by atoms with van der Waals surface area (Å²) in [6.45, 7) is 4.15. The number of benzene rings is 1. The first-order valence-corrected chi connectivity index (χ1v) is 8.88. The van der Waals surface area contributed by atoms with Crippen LogP contribution in [-0.2, 0) is 0 Å². The third-order valence-electron chi connectivity index (χ3n) is 4.70. The lowest BCUT2D eigenvalue weighted by Gasteiger charge is -2.11. The molecular weight excluding hydrogens is 330 g/mol. The minimum atomic E-state index is 0.577. The molecule has 4 rings (SSSR count). The summed E-state index contributed by atoms with van der Waals surface area (Å²) in [6, 6.07) is 12.9. The monoisotopic (exact) mass is 349 g/mol. The van der Waals surface area contributed by atoms with Crippen molar-refractivity contribution in [3.63, 3.8) is 0 Å². The molecule has 0 aliphatic heterocycles. The summed E-state index contributed by atoms with van der Waals surface area (Å²) in [7, 11) is 0. The molecule has 0 N–H and O–H groups in total. The summed E-state index contributed by atoms with van der Waals surface area (Å²) in [5, 5.41) is 14.0. The van der Waals surface area contributed by atoms with E-state index in [0.29, 0.717) is 5.56 Å². The number of aryl methyl sites for hydroxylation is 1. The Balaban J connectivity index is 1.98. The van der Waals surface area contributed by atoms with Crippen LogP contribution in [0.15, 0.2) is 84.8 Å². The average Bonchev–Trinajstić information content (AvgIpc) is 3.08. The number of hydrogen-bond acceptors (Lipinski definition) is 2. The van der Waals surface area contributed by atoms with Crippen LogP contribution in [0.4, 0.5) is 0 Å². The zero-order valence-electron chi connectivity index (χ0n) is 15.3. The molecule has 0 atom stereocenters. The maximum atomic E-state index is 9.54. The van der Waals surface area contributed by atoms with Crippen molar-refractivity contribution in [2.45, 2.75) is 13.8 Å². The fourth-order valence-electron chi connectivity index (χ4n) is 3.21. The van der Waals surface area contributed by atoms with Gasteiger partial charge in [0.2, 0.25) is 0 Å². The Morgan fingerprint density at radius 2 is 1.74 bits per heavy atom. The van der Waals surface area contributed by atoms with Gasteiger partial charge in [0.1, 0.15) is 6.07 Å². The molecule has 0 unspecified atom stereocenters. The fraction of sp³-hybridized carbons (Fsp3) is 0.0833. The molecule has 130 valence electrons. The van der Waals surface area contributed by atoms with E-state index in [2.05, 4.69) is 79.7 Å². The molecule has 0 saturated carbocycles.